The Morgan fingerprint density at radius 1 is 1.80 bits per heavy atom. The standard InChI is InChI=1S/CHO2.Bi.O/c2-1-3;;/h(H,2,3);;. The van der Waals surface area contributed by atoms with Crippen molar-refractivity contribution in [3.63, 3.8) is 0 Å². The van der Waals surface area contributed by atoms with Crippen LogP contribution in [0.25, 0.3) is 0 Å². The summed E-state index contributed by atoms with van der Waals surface area (Å²) in [6, 6.07) is 0. The fourth-order valence-corrected chi connectivity index (χ4v) is 0. The van der Waals surface area contributed by atoms with Gasteiger partial charge in [0.05, 0.1) is 0 Å². The molecule has 0 atom stereocenters. The van der Waals surface area contributed by atoms with Crippen molar-refractivity contribution in [2.45, 2.75) is 0 Å². The van der Waals surface area contributed by atoms with Gasteiger partial charge in [0.15, 0.2) is 0 Å². The first-order chi connectivity index (χ1) is 2.27. The average molecular weight is 270 g/mol. The third-order valence-electron chi connectivity index (χ3n) is 0.0781. The van der Waals surface area contributed by atoms with Crippen molar-refractivity contribution in [1.82, 2.24) is 0 Å². The summed E-state index contributed by atoms with van der Waals surface area (Å²) in [5.41, 5.74) is 0. The van der Waals surface area contributed by atoms with Gasteiger partial charge in [-0.05, 0) is 0 Å². The monoisotopic (exact) mass is 270 g/mol. The second-order valence-corrected chi connectivity index (χ2v) is 2.57. The minimum absolute atomic E-state index is 1.12. The van der Waals surface area contributed by atoms with Crippen LogP contribution < -0.4 is 0 Å². The molecule has 28 valence electrons. The summed E-state index contributed by atoms with van der Waals surface area (Å²) in [6.07, 6.45) is 0. The maximum atomic E-state index is 9.21. The summed E-state index contributed by atoms with van der Waals surface area (Å²) < 4.78 is 8.09. The Morgan fingerprint density at radius 2 is 2.00 bits per heavy atom. The van der Waals surface area contributed by atoms with E-state index in [1.807, 2.05) is 0 Å². The van der Waals surface area contributed by atoms with Gasteiger partial charge < -0.3 is 0 Å². The van der Waals surface area contributed by atoms with Crippen molar-refractivity contribution in [3.05, 3.63) is 0 Å². The Kier molecular flexibility index (Phi) is 2.47. The summed E-state index contributed by atoms with van der Waals surface area (Å²) in [5.74, 6) is 0. The van der Waals surface area contributed by atoms with E-state index in [-0.39, 0.29) is 0 Å². The van der Waals surface area contributed by atoms with Crippen molar-refractivity contribution in [1.29, 1.82) is 0 Å². The van der Waals surface area contributed by atoms with E-state index in [0.717, 1.165) is 0 Å². The molecule has 0 bridgehead atoms. The van der Waals surface area contributed by atoms with Crippen LogP contribution in [0.4, 0.5) is 4.79 Å². The number of hydrogen-bond donors (Lipinski definition) is 1. The normalized spacial score (nSPS) is 6.40. The van der Waals surface area contributed by atoms with E-state index in [1.165, 1.54) is 0 Å². The van der Waals surface area contributed by atoms with Crippen molar-refractivity contribution in [2.75, 3.05) is 0 Å². The van der Waals surface area contributed by atoms with Gasteiger partial charge in [-0.3, -0.25) is 0 Å². The SMILES string of the molecule is [O]=[Bi][C](=O)O. The van der Waals surface area contributed by atoms with Crippen LogP contribution in [-0.4, -0.2) is 32.0 Å². The zero-order chi connectivity index (χ0) is 4.28. The number of hydrogen-bond acceptors (Lipinski definition) is 2. The van der Waals surface area contributed by atoms with Crippen LogP contribution in [-0.2, 0) is 2.81 Å². The summed E-state index contributed by atoms with van der Waals surface area (Å²) >= 11 is -2.27. The molecule has 0 aromatic rings. The zero-order valence-electron chi connectivity index (χ0n) is 2.21. The summed E-state index contributed by atoms with van der Waals surface area (Å²) in [4.78, 5) is 9.14. The Balaban J connectivity index is 3.20. The molecule has 0 aliphatic carbocycles. The molecule has 0 aliphatic heterocycles. The molecule has 0 saturated carbocycles. The molecule has 0 saturated heterocycles. The molecule has 0 rings (SSSR count). The number of carbonyl (C=O) groups is 1. The van der Waals surface area contributed by atoms with Crippen molar-refractivity contribution in [2.24, 2.45) is 0 Å². The van der Waals surface area contributed by atoms with Gasteiger partial charge in [-0.2, -0.15) is 0 Å². The summed E-state index contributed by atoms with van der Waals surface area (Å²) in [6.45, 7) is 0. The fraction of sp³-hybridized carbons (Fsp3) is 0. The van der Waals surface area contributed by atoms with Gasteiger partial charge in [0.1, 0.15) is 0 Å². The number of rotatable bonds is 1. The molecule has 0 heterocycles. The van der Waals surface area contributed by atoms with Gasteiger partial charge in [-0.25, -0.2) is 0 Å². The fourth-order valence-electron chi connectivity index (χ4n) is 0. The van der Waals surface area contributed by atoms with Gasteiger partial charge >= 0.3 is 39.6 Å². The molecule has 0 aromatic carbocycles. The van der Waals surface area contributed by atoms with Crippen LogP contribution in [0.1, 0.15) is 0 Å². The molecule has 0 aromatic heterocycles. The second-order valence-electron chi connectivity index (χ2n) is 0.374. The predicted octanol–water partition coefficient (Wildman–Crippen LogP) is -0.286. The molecular weight excluding hydrogens is 269 g/mol. The third-order valence-corrected chi connectivity index (χ3v) is 0.685. The second kappa shape index (κ2) is 2.39. The topological polar surface area (TPSA) is 54.4 Å². The first-order valence-corrected chi connectivity index (χ1v) is 3.99. The van der Waals surface area contributed by atoms with Crippen LogP contribution in [0.5, 0.6) is 0 Å². The molecule has 0 aliphatic rings. The Bertz CT molecular complexity index is 57.9. The Labute approximate surface area is 40.0 Å². The zero-order valence-corrected chi connectivity index (χ0v) is 5.69. The molecular formula is CHBiO3. The summed E-state index contributed by atoms with van der Waals surface area (Å²) in [5, 5.41) is 7.49. The van der Waals surface area contributed by atoms with Gasteiger partial charge in [0.25, 0.3) is 0 Å². The molecule has 1 N–H and O–H groups in total. The first-order valence-electron chi connectivity index (χ1n) is 0.834. The van der Waals surface area contributed by atoms with E-state index >= 15 is 0 Å². The van der Waals surface area contributed by atoms with Crippen molar-refractivity contribution < 1.29 is 12.7 Å². The maximum absolute atomic E-state index is 9.21. The Morgan fingerprint density at radius 3 is 2.00 bits per heavy atom. The quantitative estimate of drug-likeness (QED) is 0.666. The minimum atomic E-state index is -2.27. The van der Waals surface area contributed by atoms with Crippen LogP contribution in [0.2, 0.25) is 0 Å². The van der Waals surface area contributed by atoms with Gasteiger partial charge in [0.2, 0.25) is 0 Å². The van der Waals surface area contributed by atoms with E-state index in [1.54, 1.807) is 0 Å². The first kappa shape index (κ1) is 5.15. The van der Waals surface area contributed by atoms with Crippen molar-refractivity contribution in [3.8, 4) is 0 Å². The van der Waals surface area contributed by atoms with Crippen LogP contribution in [0.15, 0.2) is 0 Å². The predicted molar refractivity (Wildman–Crippen MR) is 14.5 cm³/mol. The van der Waals surface area contributed by atoms with Gasteiger partial charge in [-0.15, -0.1) is 0 Å². The van der Waals surface area contributed by atoms with Crippen molar-refractivity contribution >= 4 is 26.9 Å². The van der Waals surface area contributed by atoms with Crippen LogP contribution >= 0.6 is 0 Å². The molecule has 0 radical (unpaired) electrons. The summed E-state index contributed by atoms with van der Waals surface area (Å²) in [7, 11) is 0. The van der Waals surface area contributed by atoms with E-state index in [4.69, 9.17) is 9.90 Å². The third kappa shape index (κ3) is 4.15. The number of carboxylic acid groups (broad SMARTS) is 1. The molecule has 0 amide bonds. The van der Waals surface area contributed by atoms with Crippen LogP contribution in [0.3, 0.4) is 0 Å². The molecule has 0 unspecified atom stereocenters. The molecule has 5 heavy (non-hydrogen) atoms. The van der Waals surface area contributed by atoms with E-state index in [9.17, 15) is 2.81 Å². The van der Waals surface area contributed by atoms with Gasteiger partial charge in [-0.1, -0.05) is 0 Å². The Hall–Kier alpha value is 0.153. The van der Waals surface area contributed by atoms with E-state index in [0.29, 0.717) is 0 Å². The molecule has 4 heteroatoms. The van der Waals surface area contributed by atoms with Gasteiger partial charge in [0, 0.05) is 0 Å². The molecule has 0 fully saturated rings. The molecule has 0 spiro atoms. The molecule has 3 nitrogen and oxygen atoms in total. The van der Waals surface area contributed by atoms with E-state index in [2.05, 4.69) is 0 Å². The average Bonchev–Trinajstić information content (AvgIpc) is 1.38. The van der Waals surface area contributed by atoms with Crippen LogP contribution in [0, 0.1) is 0 Å². The van der Waals surface area contributed by atoms with E-state index < -0.39 is 26.9 Å².